The molecule has 2 amide bonds. The van der Waals surface area contributed by atoms with E-state index in [0.29, 0.717) is 17.3 Å². The van der Waals surface area contributed by atoms with Gasteiger partial charge in [0.15, 0.2) is 0 Å². The molecular weight excluding hydrogens is 478 g/mol. The van der Waals surface area contributed by atoms with Crippen LogP contribution in [0.1, 0.15) is 32.3 Å². The quantitative estimate of drug-likeness (QED) is 0.443. The van der Waals surface area contributed by atoms with Crippen LogP contribution in [0.4, 0.5) is 0 Å². The zero-order valence-electron chi connectivity index (χ0n) is 20.0. The Morgan fingerprint density at radius 3 is 2.26 bits per heavy atom. The van der Waals surface area contributed by atoms with Gasteiger partial charge in [-0.1, -0.05) is 37.1 Å². The van der Waals surface area contributed by atoms with Gasteiger partial charge >= 0.3 is 0 Å². The Morgan fingerprint density at radius 2 is 1.71 bits per heavy atom. The zero-order chi connectivity index (χ0) is 25.3. The highest BCUT2D eigenvalue weighted by molar-refractivity contribution is 7.89. The largest absolute Gasteiger partial charge is 0.497 e. The van der Waals surface area contributed by atoms with E-state index < -0.39 is 28.5 Å². The number of hydrogen-bond acceptors (Lipinski definition) is 5. The number of ether oxygens (including phenoxy) is 1. The number of amides is 2. The van der Waals surface area contributed by atoms with Crippen molar-refractivity contribution in [2.24, 2.45) is 0 Å². The topological polar surface area (TPSA) is 96.0 Å². The Kier molecular flexibility index (Phi) is 10.3. The van der Waals surface area contributed by atoms with Crippen LogP contribution in [0.15, 0.2) is 53.4 Å². The van der Waals surface area contributed by atoms with Crippen LogP contribution in [-0.4, -0.2) is 62.7 Å². The molecule has 34 heavy (non-hydrogen) atoms. The number of halogens is 1. The Hall–Kier alpha value is -2.62. The maximum atomic E-state index is 13.3. The summed E-state index contributed by atoms with van der Waals surface area (Å²) in [7, 11) is -1.03. The lowest BCUT2D eigenvalue weighted by Gasteiger charge is -2.30. The van der Waals surface area contributed by atoms with Crippen LogP contribution in [0, 0.1) is 0 Å². The Balaban J connectivity index is 2.23. The SMILES string of the molecule is CCCCNC(=O)[C@@H](C)N(Cc1ccc(OC)cc1)C(=O)CN(C)S(=O)(=O)c1ccc(Cl)cc1. The van der Waals surface area contributed by atoms with Crippen molar-refractivity contribution < 1.29 is 22.7 Å². The fourth-order valence-electron chi connectivity index (χ4n) is 3.20. The Bertz CT molecular complexity index is 1060. The lowest BCUT2D eigenvalue weighted by molar-refractivity contribution is -0.140. The summed E-state index contributed by atoms with van der Waals surface area (Å²) in [5.74, 6) is -0.117. The molecule has 2 aromatic rings. The number of carbonyl (C=O) groups excluding carboxylic acids is 2. The number of nitrogens with one attached hydrogen (secondary N) is 1. The van der Waals surface area contributed by atoms with Crippen molar-refractivity contribution in [3.05, 3.63) is 59.1 Å². The minimum atomic E-state index is -3.92. The molecule has 0 spiro atoms. The molecule has 0 saturated heterocycles. The van der Waals surface area contributed by atoms with E-state index in [1.807, 2.05) is 6.92 Å². The number of methoxy groups -OCH3 is 1. The van der Waals surface area contributed by atoms with E-state index in [2.05, 4.69) is 5.32 Å². The maximum absolute atomic E-state index is 13.3. The molecule has 0 aromatic heterocycles. The smallest absolute Gasteiger partial charge is 0.243 e. The third kappa shape index (κ3) is 7.44. The van der Waals surface area contributed by atoms with Crippen LogP contribution in [0.25, 0.3) is 0 Å². The predicted molar refractivity (Wildman–Crippen MR) is 132 cm³/mol. The van der Waals surface area contributed by atoms with Gasteiger partial charge in [-0.15, -0.1) is 0 Å². The van der Waals surface area contributed by atoms with Crippen molar-refractivity contribution >= 4 is 33.4 Å². The summed E-state index contributed by atoms with van der Waals surface area (Å²) in [6, 6.07) is 12.1. The molecule has 1 N–H and O–H groups in total. The number of likely N-dealkylation sites (N-methyl/N-ethyl adjacent to an activating group) is 1. The first-order valence-electron chi connectivity index (χ1n) is 11.0. The first-order chi connectivity index (χ1) is 16.1. The molecule has 0 aliphatic heterocycles. The number of rotatable bonds is 12. The Labute approximate surface area is 206 Å². The van der Waals surface area contributed by atoms with Gasteiger partial charge in [0, 0.05) is 25.2 Å². The predicted octanol–water partition coefficient (Wildman–Crippen LogP) is 3.30. The van der Waals surface area contributed by atoms with Crippen molar-refractivity contribution in [1.29, 1.82) is 0 Å². The van der Waals surface area contributed by atoms with Crippen LogP contribution in [0.3, 0.4) is 0 Å². The highest BCUT2D eigenvalue weighted by Crippen LogP contribution is 2.19. The average molecular weight is 510 g/mol. The van der Waals surface area contributed by atoms with Crippen LogP contribution >= 0.6 is 11.6 Å². The molecule has 0 bridgehead atoms. The van der Waals surface area contributed by atoms with E-state index in [0.717, 1.165) is 22.7 Å². The third-order valence-corrected chi connectivity index (χ3v) is 7.46. The highest BCUT2D eigenvalue weighted by Gasteiger charge is 2.30. The summed E-state index contributed by atoms with van der Waals surface area (Å²) >= 11 is 5.86. The lowest BCUT2D eigenvalue weighted by atomic mass is 10.1. The molecule has 1 atom stereocenters. The maximum Gasteiger partial charge on any atom is 0.243 e. The van der Waals surface area contributed by atoms with Gasteiger partial charge in [0.05, 0.1) is 18.6 Å². The van der Waals surface area contributed by atoms with Gasteiger partial charge in [-0.25, -0.2) is 8.42 Å². The molecule has 0 saturated carbocycles. The minimum Gasteiger partial charge on any atom is -0.497 e. The molecule has 2 rings (SSSR count). The van der Waals surface area contributed by atoms with Crippen molar-refractivity contribution in [2.45, 2.75) is 44.2 Å². The van der Waals surface area contributed by atoms with E-state index in [-0.39, 0.29) is 17.3 Å². The third-order valence-electron chi connectivity index (χ3n) is 5.39. The molecule has 8 nitrogen and oxygen atoms in total. The fraction of sp³-hybridized carbons (Fsp3) is 0.417. The molecular formula is C24H32ClN3O5S. The molecule has 0 unspecified atom stereocenters. The van der Waals surface area contributed by atoms with Crippen LogP contribution in [0.5, 0.6) is 5.75 Å². The van der Waals surface area contributed by atoms with Crippen molar-refractivity contribution in [3.8, 4) is 5.75 Å². The summed E-state index contributed by atoms with van der Waals surface area (Å²) in [5, 5.41) is 3.25. The van der Waals surface area contributed by atoms with Gasteiger partial charge in [0.1, 0.15) is 11.8 Å². The van der Waals surface area contributed by atoms with E-state index >= 15 is 0 Å². The Morgan fingerprint density at radius 1 is 1.09 bits per heavy atom. The number of carbonyl (C=O) groups is 2. The number of sulfonamides is 1. The first-order valence-corrected chi connectivity index (χ1v) is 12.8. The minimum absolute atomic E-state index is 0.0271. The summed E-state index contributed by atoms with van der Waals surface area (Å²) in [4.78, 5) is 27.4. The second-order valence-corrected chi connectivity index (χ2v) is 10.4. The van der Waals surface area contributed by atoms with Crippen molar-refractivity contribution in [1.82, 2.24) is 14.5 Å². The lowest BCUT2D eigenvalue weighted by Crippen LogP contribution is -2.50. The van der Waals surface area contributed by atoms with E-state index in [1.54, 1.807) is 38.3 Å². The molecule has 0 fully saturated rings. The van der Waals surface area contributed by atoms with Crippen molar-refractivity contribution in [3.63, 3.8) is 0 Å². The van der Waals surface area contributed by atoms with E-state index in [9.17, 15) is 18.0 Å². The number of unbranched alkanes of at least 4 members (excludes halogenated alkanes) is 1. The molecule has 10 heteroatoms. The summed E-state index contributed by atoms with van der Waals surface area (Å²) in [6.07, 6.45) is 1.75. The standard InChI is InChI=1S/C24H32ClN3O5S/c1-5-6-15-26-24(30)18(2)28(16-19-7-11-21(33-4)12-8-19)23(29)17-27(3)34(31,32)22-13-9-20(25)10-14-22/h7-14,18H,5-6,15-17H2,1-4H3,(H,26,30)/t18-/m1/s1. The second-order valence-electron chi connectivity index (χ2n) is 7.91. The van der Waals surface area contributed by atoms with Gasteiger partial charge in [-0.3, -0.25) is 9.59 Å². The molecule has 0 aliphatic carbocycles. The van der Waals surface area contributed by atoms with E-state index in [4.69, 9.17) is 16.3 Å². The van der Waals surface area contributed by atoms with Crippen molar-refractivity contribution in [2.75, 3.05) is 27.2 Å². The molecule has 0 heterocycles. The number of nitrogens with zero attached hydrogens (tertiary/aromatic N) is 2. The van der Waals surface area contributed by atoms with Gasteiger partial charge in [0.2, 0.25) is 21.8 Å². The summed E-state index contributed by atoms with van der Waals surface area (Å²) < 4.78 is 32.0. The molecule has 2 aromatic carbocycles. The average Bonchev–Trinajstić information content (AvgIpc) is 2.82. The van der Waals surface area contributed by atoms with Crippen LogP contribution < -0.4 is 10.1 Å². The van der Waals surface area contributed by atoms with Gasteiger partial charge in [-0.2, -0.15) is 4.31 Å². The van der Waals surface area contributed by atoms with Gasteiger partial charge in [-0.05, 0) is 55.3 Å². The molecule has 0 aliphatic rings. The molecule has 186 valence electrons. The summed E-state index contributed by atoms with van der Waals surface area (Å²) in [5.41, 5.74) is 0.783. The van der Waals surface area contributed by atoms with Crippen LogP contribution in [0.2, 0.25) is 5.02 Å². The first kappa shape index (κ1) is 27.6. The second kappa shape index (κ2) is 12.7. The number of hydrogen-bond donors (Lipinski definition) is 1. The monoisotopic (exact) mass is 509 g/mol. The highest BCUT2D eigenvalue weighted by atomic mass is 35.5. The fourth-order valence-corrected chi connectivity index (χ4v) is 4.45. The zero-order valence-corrected chi connectivity index (χ0v) is 21.5. The molecule has 0 radical (unpaired) electrons. The summed E-state index contributed by atoms with van der Waals surface area (Å²) in [6.45, 7) is 3.88. The van der Waals surface area contributed by atoms with Gasteiger partial charge < -0.3 is 15.0 Å². The number of benzene rings is 2. The van der Waals surface area contributed by atoms with Crippen LogP contribution in [-0.2, 0) is 26.2 Å². The normalized spacial score (nSPS) is 12.3. The van der Waals surface area contributed by atoms with Gasteiger partial charge in [0.25, 0.3) is 0 Å². The van der Waals surface area contributed by atoms with E-state index in [1.165, 1.54) is 36.2 Å².